The lowest BCUT2D eigenvalue weighted by Gasteiger charge is -2.22. The molecule has 1 atom stereocenters. The van der Waals surface area contributed by atoms with Crippen molar-refractivity contribution in [3.8, 4) is 11.5 Å². The Labute approximate surface area is 121 Å². The fourth-order valence-electron chi connectivity index (χ4n) is 2.48. The quantitative estimate of drug-likeness (QED) is 0.877. The zero-order chi connectivity index (χ0) is 14.8. The first-order valence-electron chi connectivity index (χ1n) is 6.72. The van der Waals surface area contributed by atoms with Crippen molar-refractivity contribution in [1.29, 1.82) is 0 Å². The summed E-state index contributed by atoms with van der Waals surface area (Å²) in [5.41, 5.74) is 0.735. The Morgan fingerprint density at radius 1 is 1.33 bits per heavy atom. The van der Waals surface area contributed by atoms with Crippen LogP contribution in [-0.2, 0) is 9.53 Å². The van der Waals surface area contributed by atoms with E-state index < -0.39 is 6.09 Å². The molecule has 2 heterocycles. The van der Waals surface area contributed by atoms with Crippen molar-refractivity contribution < 1.29 is 23.8 Å². The SMILES string of the molecule is COC(=O)NC1CC(=O)N(c2ccc3c(c2)OCCO3)C1. The van der Waals surface area contributed by atoms with Gasteiger partial charge in [0.25, 0.3) is 0 Å². The normalized spacial score (nSPS) is 20.3. The highest BCUT2D eigenvalue weighted by Gasteiger charge is 2.32. The Hall–Kier alpha value is -2.44. The Kier molecular flexibility index (Phi) is 3.55. The van der Waals surface area contributed by atoms with Gasteiger partial charge < -0.3 is 24.4 Å². The lowest BCUT2D eigenvalue weighted by atomic mass is 10.2. The molecule has 3 rings (SSSR count). The molecule has 7 nitrogen and oxygen atoms in total. The zero-order valence-electron chi connectivity index (χ0n) is 11.6. The fourth-order valence-corrected chi connectivity index (χ4v) is 2.48. The fraction of sp³-hybridized carbons (Fsp3) is 0.429. The number of hydrogen-bond acceptors (Lipinski definition) is 5. The number of hydrogen-bond donors (Lipinski definition) is 1. The smallest absolute Gasteiger partial charge is 0.407 e. The summed E-state index contributed by atoms with van der Waals surface area (Å²) in [6, 6.07) is 5.13. The molecular weight excluding hydrogens is 276 g/mol. The standard InChI is InChI=1S/C14H16N2O5/c1-19-14(18)15-9-6-13(17)16(8-9)10-2-3-11-12(7-10)21-5-4-20-11/h2-3,7,9H,4-6,8H2,1H3,(H,15,18). The molecule has 0 spiro atoms. The number of nitrogens with zero attached hydrogens (tertiary/aromatic N) is 1. The summed E-state index contributed by atoms with van der Waals surface area (Å²) in [4.78, 5) is 24.9. The van der Waals surface area contributed by atoms with Gasteiger partial charge in [-0.1, -0.05) is 0 Å². The predicted molar refractivity (Wildman–Crippen MR) is 73.7 cm³/mol. The number of carbonyl (C=O) groups is 2. The predicted octanol–water partition coefficient (Wildman–Crippen LogP) is 0.919. The number of rotatable bonds is 2. The van der Waals surface area contributed by atoms with E-state index in [1.165, 1.54) is 7.11 Å². The Bertz CT molecular complexity index is 574. The first-order valence-corrected chi connectivity index (χ1v) is 6.72. The molecule has 21 heavy (non-hydrogen) atoms. The molecule has 2 amide bonds. The molecule has 0 aliphatic carbocycles. The Morgan fingerprint density at radius 3 is 2.86 bits per heavy atom. The number of methoxy groups -OCH3 is 1. The van der Waals surface area contributed by atoms with Crippen molar-refractivity contribution in [3.63, 3.8) is 0 Å². The van der Waals surface area contributed by atoms with Gasteiger partial charge in [0.1, 0.15) is 13.2 Å². The van der Waals surface area contributed by atoms with Crippen molar-refractivity contribution in [2.45, 2.75) is 12.5 Å². The third-order valence-electron chi connectivity index (χ3n) is 3.47. The van der Waals surface area contributed by atoms with Crippen LogP contribution in [-0.4, -0.2) is 44.9 Å². The number of fused-ring (bicyclic) bond motifs is 1. The maximum Gasteiger partial charge on any atom is 0.407 e. The minimum Gasteiger partial charge on any atom is -0.486 e. The van der Waals surface area contributed by atoms with Crippen molar-refractivity contribution in [2.24, 2.45) is 0 Å². The van der Waals surface area contributed by atoms with Gasteiger partial charge >= 0.3 is 6.09 Å². The number of amides is 2. The summed E-state index contributed by atoms with van der Waals surface area (Å²) in [6.07, 6.45) is -0.277. The van der Waals surface area contributed by atoms with Crippen molar-refractivity contribution >= 4 is 17.7 Å². The van der Waals surface area contributed by atoms with Gasteiger partial charge in [0.15, 0.2) is 11.5 Å². The molecule has 2 aliphatic heterocycles. The van der Waals surface area contributed by atoms with Crippen LogP contribution < -0.4 is 19.7 Å². The number of nitrogens with one attached hydrogen (secondary N) is 1. The van der Waals surface area contributed by atoms with E-state index in [0.717, 1.165) is 5.69 Å². The number of alkyl carbamates (subject to hydrolysis) is 1. The van der Waals surface area contributed by atoms with Crippen LogP contribution >= 0.6 is 0 Å². The second-order valence-corrected chi connectivity index (χ2v) is 4.87. The van der Waals surface area contributed by atoms with Gasteiger partial charge in [-0.05, 0) is 12.1 Å². The monoisotopic (exact) mass is 292 g/mol. The molecular formula is C14H16N2O5. The van der Waals surface area contributed by atoms with Crippen LogP contribution in [0.5, 0.6) is 11.5 Å². The van der Waals surface area contributed by atoms with Crippen LogP contribution in [0.2, 0.25) is 0 Å². The van der Waals surface area contributed by atoms with Crippen LogP contribution in [0.25, 0.3) is 0 Å². The molecule has 112 valence electrons. The Morgan fingerprint density at radius 2 is 2.10 bits per heavy atom. The summed E-state index contributed by atoms with van der Waals surface area (Å²) in [5.74, 6) is 1.27. The van der Waals surface area contributed by atoms with Crippen molar-refractivity contribution in [2.75, 3.05) is 31.8 Å². The van der Waals surface area contributed by atoms with E-state index in [4.69, 9.17) is 9.47 Å². The molecule has 0 bridgehead atoms. The topological polar surface area (TPSA) is 77.1 Å². The molecule has 0 radical (unpaired) electrons. The second-order valence-electron chi connectivity index (χ2n) is 4.87. The molecule has 7 heteroatoms. The van der Waals surface area contributed by atoms with E-state index in [1.54, 1.807) is 17.0 Å². The summed E-state index contributed by atoms with van der Waals surface area (Å²) in [5, 5.41) is 2.64. The number of carbonyl (C=O) groups excluding carboxylic acids is 2. The van der Waals surface area contributed by atoms with E-state index in [1.807, 2.05) is 6.07 Å². The highest BCUT2D eigenvalue weighted by atomic mass is 16.6. The molecule has 1 fully saturated rings. The lowest BCUT2D eigenvalue weighted by molar-refractivity contribution is -0.117. The summed E-state index contributed by atoms with van der Waals surface area (Å²) < 4.78 is 15.5. The lowest BCUT2D eigenvalue weighted by Crippen LogP contribution is -2.37. The molecule has 2 aliphatic rings. The van der Waals surface area contributed by atoms with Crippen LogP contribution in [0.1, 0.15) is 6.42 Å². The highest BCUT2D eigenvalue weighted by Crippen LogP contribution is 2.35. The summed E-state index contributed by atoms with van der Waals surface area (Å²) >= 11 is 0. The number of anilines is 1. The second kappa shape index (κ2) is 5.51. The molecule has 1 saturated heterocycles. The molecule has 1 unspecified atom stereocenters. The van der Waals surface area contributed by atoms with E-state index in [9.17, 15) is 9.59 Å². The van der Waals surface area contributed by atoms with Gasteiger partial charge in [-0.15, -0.1) is 0 Å². The van der Waals surface area contributed by atoms with E-state index in [2.05, 4.69) is 10.1 Å². The molecule has 1 aromatic rings. The van der Waals surface area contributed by atoms with Crippen molar-refractivity contribution in [1.82, 2.24) is 5.32 Å². The van der Waals surface area contributed by atoms with Gasteiger partial charge in [0, 0.05) is 24.7 Å². The average Bonchev–Trinajstić information content (AvgIpc) is 2.87. The largest absolute Gasteiger partial charge is 0.486 e. The number of benzene rings is 1. The van der Waals surface area contributed by atoms with Crippen LogP contribution in [0.4, 0.5) is 10.5 Å². The van der Waals surface area contributed by atoms with Crippen molar-refractivity contribution in [3.05, 3.63) is 18.2 Å². The highest BCUT2D eigenvalue weighted by molar-refractivity contribution is 5.97. The van der Waals surface area contributed by atoms with Gasteiger partial charge in [0.2, 0.25) is 5.91 Å². The zero-order valence-corrected chi connectivity index (χ0v) is 11.6. The van der Waals surface area contributed by atoms with Gasteiger partial charge in [0.05, 0.1) is 13.2 Å². The van der Waals surface area contributed by atoms with Crippen LogP contribution in [0, 0.1) is 0 Å². The third-order valence-corrected chi connectivity index (χ3v) is 3.47. The summed E-state index contributed by atoms with van der Waals surface area (Å²) in [6.45, 7) is 1.44. The Balaban J connectivity index is 1.75. The van der Waals surface area contributed by atoms with Crippen LogP contribution in [0.3, 0.4) is 0 Å². The summed E-state index contributed by atoms with van der Waals surface area (Å²) in [7, 11) is 1.30. The van der Waals surface area contributed by atoms with Gasteiger partial charge in [-0.25, -0.2) is 4.79 Å². The minimum absolute atomic E-state index is 0.0481. The van der Waals surface area contributed by atoms with Gasteiger partial charge in [-0.3, -0.25) is 4.79 Å². The molecule has 1 N–H and O–H groups in total. The third kappa shape index (κ3) is 2.72. The molecule has 1 aromatic carbocycles. The van der Waals surface area contributed by atoms with E-state index in [0.29, 0.717) is 31.3 Å². The first kappa shape index (κ1) is 13.5. The number of ether oxygens (including phenoxy) is 3. The maximum absolute atomic E-state index is 12.1. The van der Waals surface area contributed by atoms with Gasteiger partial charge in [-0.2, -0.15) is 0 Å². The molecule has 0 saturated carbocycles. The maximum atomic E-state index is 12.1. The van der Waals surface area contributed by atoms with E-state index >= 15 is 0 Å². The van der Waals surface area contributed by atoms with E-state index in [-0.39, 0.29) is 18.4 Å². The van der Waals surface area contributed by atoms with Crippen LogP contribution in [0.15, 0.2) is 18.2 Å². The average molecular weight is 292 g/mol. The molecule has 0 aromatic heterocycles. The first-order chi connectivity index (χ1) is 10.2. The minimum atomic E-state index is -0.531.